The van der Waals surface area contributed by atoms with Gasteiger partial charge in [0.2, 0.25) is 5.91 Å². The summed E-state index contributed by atoms with van der Waals surface area (Å²) < 4.78 is 5.83. The Morgan fingerprint density at radius 3 is 3.05 bits per heavy atom. The number of ether oxygens (including phenoxy) is 1. The zero-order chi connectivity index (χ0) is 14.1. The molecule has 2 fully saturated rings. The topological polar surface area (TPSA) is 45.7 Å². The molecule has 2 saturated heterocycles. The van der Waals surface area contributed by atoms with Gasteiger partial charge in [0.25, 0.3) is 0 Å². The van der Waals surface area contributed by atoms with E-state index < -0.39 is 0 Å². The van der Waals surface area contributed by atoms with Gasteiger partial charge in [0.05, 0.1) is 30.9 Å². The van der Waals surface area contributed by atoms with Crippen molar-refractivity contribution < 1.29 is 9.53 Å². The SMILES string of the molecule is Cc1cccc(CN2C[C@@H]3OCCC(=O)N(C)[C@H]3C2)n1. The Kier molecular flexibility index (Phi) is 3.72. The number of carbonyl (C=O) groups is 1. The van der Waals surface area contributed by atoms with E-state index in [-0.39, 0.29) is 18.1 Å². The average Bonchev–Trinajstić information content (AvgIpc) is 2.75. The number of aryl methyl sites for hydroxylation is 1. The third-order valence-corrected chi connectivity index (χ3v) is 4.18. The molecule has 0 aromatic carbocycles. The number of likely N-dealkylation sites (tertiary alicyclic amines) is 1. The van der Waals surface area contributed by atoms with E-state index in [0.29, 0.717) is 13.0 Å². The molecule has 1 aromatic heterocycles. The lowest BCUT2D eigenvalue weighted by atomic mass is 10.2. The highest BCUT2D eigenvalue weighted by Gasteiger charge is 2.39. The molecule has 0 unspecified atom stereocenters. The molecule has 0 spiro atoms. The molecular formula is C15H21N3O2. The number of aromatic nitrogens is 1. The minimum absolute atomic E-state index is 0.135. The lowest BCUT2D eigenvalue weighted by Gasteiger charge is -2.25. The van der Waals surface area contributed by atoms with Crippen LogP contribution in [0.2, 0.25) is 0 Å². The summed E-state index contributed by atoms with van der Waals surface area (Å²) >= 11 is 0. The molecule has 0 N–H and O–H groups in total. The van der Waals surface area contributed by atoms with Gasteiger partial charge in [-0.2, -0.15) is 0 Å². The van der Waals surface area contributed by atoms with Crippen LogP contribution in [0.1, 0.15) is 17.8 Å². The summed E-state index contributed by atoms with van der Waals surface area (Å²) in [4.78, 5) is 20.6. The first-order valence-electron chi connectivity index (χ1n) is 7.15. The Bertz CT molecular complexity index is 506. The van der Waals surface area contributed by atoms with Crippen LogP contribution in [0.4, 0.5) is 0 Å². The van der Waals surface area contributed by atoms with Gasteiger partial charge in [0, 0.05) is 32.4 Å². The maximum Gasteiger partial charge on any atom is 0.225 e. The quantitative estimate of drug-likeness (QED) is 0.802. The fraction of sp³-hybridized carbons (Fsp3) is 0.600. The predicted octanol–water partition coefficient (Wildman–Crippen LogP) is 0.822. The second-order valence-corrected chi connectivity index (χ2v) is 5.70. The highest BCUT2D eigenvalue weighted by molar-refractivity contribution is 5.76. The summed E-state index contributed by atoms with van der Waals surface area (Å²) in [6.45, 7) is 5.11. The number of nitrogens with zero attached hydrogens (tertiary/aromatic N) is 3. The Morgan fingerprint density at radius 1 is 1.40 bits per heavy atom. The van der Waals surface area contributed by atoms with Crippen molar-refractivity contribution in [1.29, 1.82) is 0 Å². The van der Waals surface area contributed by atoms with Crippen molar-refractivity contribution in [2.75, 3.05) is 26.7 Å². The molecule has 2 atom stereocenters. The monoisotopic (exact) mass is 275 g/mol. The van der Waals surface area contributed by atoms with Gasteiger partial charge in [0.15, 0.2) is 0 Å². The van der Waals surface area contributed by atoms with Crippen LogP contribution in [-0.2, 0) is 16.1 Å². The van der Waals surface area contributed by atoms with Gasteiger partial charge in [-0.1, -0.05) is 6.07 Å². The summed E-state index contributed by atoms with van der Waals surface area (Å²) in [5, 5.41) is 0. The second-order valence-electron chi connectivity index (χ2n) is 5.70. The van der Waals surface area contributed by atoms with Crippen LogP contribution in [0.25, 0.3) is 0 Å². The van der Waals surface area contributed by atoms with Gasteiger partial charge in [-0.3, -0.25) is 14.7 Å². The molecule has 5 nitrogen and oxygen atoms in total. The first kappa shape index (κ1) is 13.5. The molecule has 5 heteroatoms. The molecule has 3 heterocycles. The predicted molar refractivity (Wildman–Crippen MR) is 75.2 cm³/mol. The van der Waals surface area contributed by atoms with E-state index in [0.717, 1.165) is 31.0 Å². The van der Waals surface area contributed by atoms with Gasteiger partial charge in [-0.05, 0) is 19.1 Å². The van der Waals surface area contributed by atoms with Gasteiger partial charge >= 0.3 is 0 Å². The fourth-order valence-corrected chi connectivity index (χ4v) is 3.07. The van der Waals surface area contributed by atoms with E-state index in [1.165, 1.54) is 0 Å². The number of rotatable bonds is 2. The molecule has 3 rings (SSSR count). The van der Waals surface area contributed by atoms with Gasteiger partial charge in [-0.25, -0.2) is 0 Å². The lowest BCUT2D eigenvalue weighted by molar-refractivity contribution is -0.131. The van der Waals surface area contributed by atoms with Crippen LogP contribution in [0.5, 0.6) is 0 Å². The van der Waals surface area contributed by atoms with E-state index in [1.807, 2.05) is 31.0 Å². The number of likely N-dealkylation sites (N-methyl/N-ethyl adjacent to an activating group) is 1. The van der Waals surface area contributed by atoms with E-state index in [9.17, 15) is 4.79 Å². The van der Waals surface area contributed by atoms with E-state index in [1.54, 1.807) is 0 Å². The average molecular weight is 275 g/mol. The molecule has 0 saturated carbocycles. The highest BCUT2D eigenvalue weighted by Crippen LogP contribution is 2.23. The zero-order valence-corrected chi connectivity index (χ0v) is 12.1. The second kappa shape index (κ2) is 5.50. The molecular weight excluding hydrogens is 254 g/mol. The van der Waals surface area contributed by atoms with Crippen LogP contribution in [-0.4, -0.2) is 59.6 Å². The highest BCUT2D eigenvalue weighted by atomic mass is 16.5. The van der Waals surface area contributed by atoms with Crippen molar-refractivity contribution in [3.63, 3.8) is 0 Å². The maximum atomic E-state index is 11.9. The number of fused-ring (bicyclic) bond motifs is 1. The number of amides is 1. The number of hydrogen-bond donors (Lipinski definition) is 0. The zero-order valence-electron chi connectivity index (χ0n) is 12.1. The first-order chi connectivity index (χ1) is 9.63. The third-order valence-electron chi connectivity index (χ3n) is 4.18. The molecule has 0 aliphatic carbocycles. The Labute approximate surface area is 119 Å². The standard InChI is InChI=1S/C15H21N3O2/c1-11-4-3-5-12(16-11)8-18-9-13-14(10-18)20-7-6-15(19)17(13)2/h3-5,13-14H,6-10H2,1-2H3/t13-,14-/m0/s1. The summed E-state index contributed by atoms with van der Waals surface area (Å²) in [5.74, 6) is 0.188. The van der Waals surface area contributed by atoms with Crippen molar-refractivity contribution in [2.24, 2.45) is 0 Å². The van der Waals surface area contributed by atoms with Gasteiger partial charge < -0.3 is 9.64 Å². The van der Waals surface area contributed by atoms with Crippen LogP contribution in [0, 0.1) is 6.92 Å². The Morgan fingerprint density at radius 2 is 2.25 bits per heavy atom. The van der Waals surface area contributed by atoms with Gasteiger partial charge in [-0.15, -0.1) is 0 Å². The number of hydrogen-bond acceptors (Lipinski definition) is 4. The van der Waals surface area contributed by atoms with Crippen LogP contribution < -0.4 is 0 Å². The molecule has 20 heavy (non-hydrogen) atoms. The number of carbonyl (C=O) groups excluding carboxylic acids is 1. The third kappa shape index (κ3) is 2.69. The summed E-state index contributed by atoms with van der Waals surface area (Å²) in [6, 6.07) is 6.27. The van der Waals surface area contributed by atoms with E-state index in [4.69, 9.17) is 4.74 Å². The Hall–Kier alpha value is -1.46. The van der Waals surface area contributed by atoms with Crippen molar-refractivity contribution in [2.45, 2.75) is 32.0 Å². The molecule has 0 radical (unpaired) electrons. The maximum absolute atomic E-state index is 11.9. The minimum atomic E-state index is 0.135. The van der Waals surface area contributed by atoms with Crippen molar-refractivity contribution in [1.82, 2.24) is 14.8 Å². The van der Waals surface area contributed by atoms with Crippen molar-refractivity contribution in [3.8, 4) is 0 Å². The van der Waals surface area contributed by atoms with Crippen molar-refractivity contribution in [3.05, 3.63) is 29.6 Å². The summed E-state index contributed by atoms with van der Waals surface area (Å²) in [7, 11) is 1.89. The van der Waals surface area contributed by atoms with E-state index >= 15 is 0 Å². The largest absolute Gasteiger partial charge is 0.374 e. The molecule has 1 amide bonds. The first-order valence-corrected chi connectivity index (χ1v) is 7.15. The van der Waals surface area contributed by atoms with Gasteiger partial charge in [0.1, 0.15) is 0 Å². The van der Waals surface area contributed by atoms with Crippen LogP contribution in [0.3, 0.4) is 0 Å². The number of pyridine rings is 1. The molecule has 2 aliphatic heterocycles. The Balaban J connectivity index is 1.68. The van der Waals surface area contributed by atoms with E-state index in [2.05, 4.69) is 16.0 Å². The summed E-state index contributed by atoms with van der Waals surface area (Å²) in [5.41, 5.74) is 2.12. The molecule has 0 bridgehead atoms. The van der Waals surface area contributed by atoms with Crippen LogP contribution in [0.15, 0.2) is 18.2 Å². The lowest BCUT2D eigenvalue weighted by Crippen LogP contribution is -2.42. The van der Waals surface area contributed by atoms with Crippen molar-refractivity contribution >= 4 is 5.91 Å². The molecule has 1 aromatic rings. The smallest absolute Gasteiger partial charge is 0.225 e. The normalized spacial score (nSPS) is 27.5. The molecule has 2 aliphatic rings. The minimum Gasteiger partial charge on any atom is -0.374 e. The fourth-order valence-electron chi connectivity index (χ4n) is 3.07. The summed E-state index contributed by atoms with van der Waals surface area (Å²) in [6.07, 6.45) is 0.638. The molecule has 108 valence electrons. The van der Waals surface area contributed by atoms with Crippen LogP contribution >= 0.6 is 0 Å².